The van der Waals surface area contributed by atoms with Gasteiger partial charge in [0.1, 0.15) is 5.82 Å². The molecule has 1 saturated heterocycles. The molecule has 0 amide bonds. The molecule has 2 atom stereocenters. The molecule has 1 aliphatic rings. The predicted octanol–water partition coefficient (Wildman–Crippen LogP) is 2.30. The van der Waals surface area contributed by atoms with Gasteiger partial charge >= 0.3 is 0 Å². The molecule has 2 unspecified atom stereocenters. The van der Waals surface area contributed by atoms with Crippen molar-refractivity contribution in [1.29, 1.82) is 0 Å². The van der Waals surface area contributed by atoms with Crippen molar-refractivity contribution < 1.29 is 4.74 Å². The Kier molecular flexibility index (Phi) is 3.51. The summed E-state index contributed by atoms with van der Waals surface area (Å²) < 4.78 is 5.59. The van der Waals surface area contributed by atoms with E-state index in [2.05, 4.69) is 17.2 Å². The van der Waals surface area contributed by atoms with Crippen LogP contribution >= 0.6 is 11.6 Å². The lowest BCUT2D eigenvalue weighted by atomic mass is 10.1. The topological polar surface area (TPSA) is 60.2 Å². The van der Waals surface area contributed by atoms with E-state index in [1.54, 1.807) is 12.3 Å². The Labute approximate surface area is 100 Å². The molecule has 1 aromatic rings. The van der Waals surface area contributed by atoms with Crippen molar-refractivity contribution in [3.63, 3.8) is 0 Å². The third kappa shape index (κ3) is 2.57. The molecule has 0 radical (unpaired) electrons. The third-order valence-corrected chi connectivity index (χ3v) is 3.04. The van der Waals surface area contributed by atoms with Gasteiger partial charge in [0.05, 0.1) is 29.1 Å². The van der Waals surface area contributed by atoms with Crippen LogP contribution in [0, 0.1) is 0 Å². The minimum atomic E-state index is 0.205. The fraction of sp³-hybridized carbons (Fsp3) is 0.545. The van der Waals surface area contributed by atoms with E-state index >= 15 is 0 Å². The average Bonchev–Trinajstić information content (AvgIpc) is 2.75. The van der Waals surface area contributed by atoms with Crippen molar-refractivity contribution in [1.82, 2.24) is 4.98 Å². The first-order chi connectivity index (χ1) is 7.66. The van der Waals surface area contributed by atoms with Gasteiger partial charge in [-0.25, -0.2) is 4.98 Å². The Morgan fingerprint density at radius 3 is 3.12 bits per heavy atom. The summed E-state index contributed by atoms with van der Waals surface area (Å²) >= 11 is 6.03. The molecule has 0 spiro atoms. The quantitative estimate of drug-likeness (QED) is 0.853. The van der Waals surface area contributed by atoms with Gasteiger partial charge in [-0.2, -0.15) is 0 Å². The van der Waals surface area contributed by atoms with E-state index in [-0.39, 0.29) is 12.1 Å². The van der Waals surface area contributed by atoms with Gasteiger partial charge in [-0.3, -0.25) is 0 Å². The van der Waals surface area contributed by atoms with Crippen molar-refractivity contribution >= 4 is 23.1 Å². The minimum Gasteiger partial charge on any atom is -0.397 e. The van der Waals surface area contributed by atoms with Crippen molar-refractivity contribution in [2.24, 2.45) is 0 Å². The molecule has 5 heteroatoms. The maximum absolute atomic E-state index is 6.03. The molecule has 1 aromatic heterocycles. The lowest BCUT2D eigenvalue weighted by Crippen LogP contribution is -2.30. The first-order valence-electron chi connectivity index (χ1n) is 5.46. The molecule has 1 fully saturated rings. The van der Waals surface area contributed by atoms with Crippen LogP contribution < -0.4 is 11.1 Å². The van der Waals surface area contributed by atoms with E-state index in [1.807, 2.05) is 0 Å². The zero-order chi connectivity index (χ0) is 11.5. The van der Waals surface area contributed by atoms with E-state index < -0.39 is 0 Å². The van der Waals surface area contributed by atoms with Crippen LogP contribution in [0.25, 0.3) is 0 Å². The van der Waals surface area contributed by atoms with Crippen LogP contribution in [0.15, 0.2) is 12.3 Å². The Balaban J connectivity index is 2.02. The average molecular weight is 242 g/mol. The second kappa shape index (κ2) is 4.89. The van der Waals surface area contributed by atoms with E-state index in [1.165, 1.54) is 0 Å². The Morgan fingerprint density at radius 2 is 2.50 bits per heavy atom. The van der Waals surface area contributed by atoms with Gasteiger partial charge in [-0.05, 0) is 25.8 Å². The highest BCUT2D eigenvalue weighted by Crippen LogP contribution is 2.24. The Hall–Kier alpha value is -1.00. The first-order valence-corrected chi connectivity index (χ1v) is 5.84. The molecule has 2 rings (SSSR count). The largest absolute Gasteiger partial charge is 0.397 e. The standard InChI is InChI=1S/C11H16ClN3O/c1-7(10-3-2-4-16-10)15-11-9(12)5-8(13)6-14-11/h5-7,10H,2-4,13H2,1H3,(H,14,15). The number of nitrogens with zero attached hydrogens (tertiary/aromatic N) is 1. The zero-order valence-electron chi connectivity index (χ0n) is 9.24. The summed E-state index contributed by atoms with van der Waals surface area (Å²) in [6, 6.07) is 1.90. The summed E-state index contributed by atoms with van der Waals surface area (Å²) in [7, 11) is 0. The molecule has 0 bridgehead atoms. The fourth-order valence-corrected chi connectivity index (χ4v) is 2.09. The van der Waals surface area contributed by atoms with Crippen LogP contribution in [0.2, 0.25) is 5.02 Å². The Morgan fingerprint density at radius 1 is 1.69 bits per heavy atom. The van der Waals surface area contributed by atoms with Crippen LogP contribution in [0.5, 0.6) is 0 Å². The molecular formula is C11H16ClN3O. The number of hydrogen-bond donors (Lipinski definition) is 2. The number of nitrogens with one attached hydrogen (secondary N) is 1. The summed E-state index contributed by atoms with van der Waals surface area (Å²) in [6.07, 6.45) is 4.05. The van der Waals surface area contributed by atoms with Crippen molar-refractivity contribution in [3.8, 4) is 0 Å². The van der Waals surface area contributed by atoms with Crippen LogP contribution in [0.1, 0.15) is 19.8 Å². The molecule has 4 nitrogen and oxygen atoms in total. The SMILES string of the molecule is CC(Nc1ncc(N)cc1Cl)C1CCCO1. The van der Waals surface area contributed by atoms with Gasteiger partial charge in [0.15, 0.2) is 0 Å². The third-order valence-electron chi connectivity index (χ3n) is 2.75. The van der Waals surface area contributed by atoms with Crippen LogP contribution in [0.3, 0.4) is 0 Å². The maximum Gasteiger partial charge on any atom is 0.145 e. The van der Waals surface area contributed by atoms with E-state index in [9.17, 15) is 0 Å². The molecule has 2 heterocycles. The first kappa shape index (κ1) is 11.5. The molecule has 88 valence electrons. The fourth-order valence-electron chi connectivity index (χ4n) is 1.86. The van der Waals surface area contributed by atoms with Gasteiger partial charge < -0.3 is 15.8 Å². The number of rotatable bonds is 3. The van der Waals surface area contributed by atoms with Crippen molar-refractivity contribution in [3.05, 3.63) is 17.3 Å². The molecule has 0 aromatic carbocycles. The number of ether oxygens (including phenoxy) is 1. The number of nitrogen functional groups attached to an aromatic ring is 1. The van der Waals surface area contributed by atoms with Gasteiger partial charge in [0, 0.05) is 6.61 Å². The maximum atomic E-state index is 6.03. The molecule has 0 saturated carbocycles. The highest BCUT2D eigenvalue weighted by atomic mass is 35.5. The molecule has 3 N–H and O–H groups in total. The summed E-state index contributed by atoms with van der Waals surface area (Å²) in [5, 5.41) is 3.80. The number of anilines is 2. The van der Waals surface area contributed by atoms with E-state index in [4.69, 9.17) is 22.1 Å². The summed E-state index contributed by atoms with van der Waals surface area (Å²) in [4.78, 5) is 4.17. The second-order valence-electron chi connectivity index (χ2n) is 4.08. The van der Waals surface area contributed by atoms with Crippen LogP contribution in [-0.2, 0) is 4.74 Å². The predicted molar refractivity (Wildman–Crippen MR) is 65.7 cm³/mol. The molecular weight excluding hydrogens is 226 g/mol. The number of hydrogen-bond acceptors (Lipinski definition) is 4. The zero-order valence-corrected chi connectivity index (χ0v) is 10.00. The number of aromatic nitrogens is 1. The normalized spacial score (nSPS) is 22.0. The van der Waals surface area contributed by atoms with Gasteiger partial charge in [0.2, 0.25) is 0 Å². The van der Waals surface area contributed by atoms with Crippen LogP contribution in [0.4, 0.5) is 11.5 Å². The van der Waals surface area contributed by atoms with Gasteiger partial charge in [0.25, 0.3) is 0 Å². The lowest BCUT2D eigenvalue weighted by Gasteiger charge is -2.21. The van der Waals surface area contributed by atoms with Crippen molar-refractivity contribution in [2.45, 2.75) is 31.9 Å². The second-order valence-corrected chi connectivity index (χ2v) is 4.49. The monoisotopic (exact) mass is 241 g/mol. The highest BCUT2D eigenvalue weighted by molar-refractivity contribution is 6.33. The van der Waals surface area contributed by atoms with Gasteiger partial charge in [-0.15, -0.1) is 0 Å². The summed E-state index contributed by atoms with van der Waals surface area (Å²) in [5.41, 5.74) is 6.15. The van der Waals surface area contributed by atoms with Gasteiger partial charge in [-0.1, -0.05) is 11.6 Å². The molecule has 1 aliphatic heterocycles. The minimum absolute atomic E-state index is 0.205. The number of halogens is 1. The summed E-state index contributed by atoms with van der Waals surface area (Å²) in [5.74, 6) is 0.666. The van der Waals surface area contributed by atoms with Crippen molar-refractivity contribution in [2.75, 3.05) is 17.7 Å². The highest BCUT2D eigenvalue weighted by Gasteiger charge is 2.22. The number of nitrogens with two attached hydrogens (primary N) is 1. The Bertz CT molecular complexity index is 366. The lowest BCUT2D eigenvalue weighted by molar-refractivity contribution is 0.0996. The summed E-state index contributed by atoms with van der Waals surface area (Å²) in [6.45, 7) is 2.92. The van der Waals surface area contributed by atoms with E-state index in [0.717, 1.165) is 19.4 Å². The molecule has 0 aliphatic carbocycles. The van der Waals surface area contributed by atoms with Crippen LogP contribution in [-0.4, -0.2) is 23.7 Å². The number of pyridine rings is 1. The smallest absolute Gasteiger partial charge is 0.145 e. The molecule has 16 heavy (non-hydrogen) atoms. The van der Waals surface area contributed by atoms with E-state index in [0.29, 0.717) is 16.5 Å².